The third kappa shape index (κ3) is 10.9. The number of halogens is 8. The fraction of sp³-hybridized carbons (Fsp3) is 0.321. The van der Waals surface area contributed by atoms with Gasteiger partial charge in [-0.3, -0.25) is 0 Å². The van der Waals surface area contributed by atoms with Crippen LogP contribution >= 0.6 is 23.2 Å². The predicted octanol–water partition coefficient (Wildman–Crippen LogP) is 12.4. The number of methoxy groups -OCH3 is 2. The molecule has 6 atom stereocenters. The van der Waals surface area contributed by atoms with Crippen LogP contribution in [0.3, 0.4) is 0 Å². The van der Waals surface area contributed by atoms with Crippen molar-refractivity contribution >= 4 is 70.3 Å². The van der Waals surface area contributed by atoms with E-state index in [-0.39, 0.29) is 81.2 Å². The molecule has 6 unspecified atom stereocenters. The normalized spacial score (nSPS) is 20.6. The number of hydrogen-bond donors (Lipinski definition) is 3. The topological polar surface area (TPSA) is 188 Å². The summed E-state index contributed by atoms with van der Waals surface area (Å²) in [7, 11) is 2.54. The van der Waals surface area contributed by atoms with Crippen LogP contribution in [0.5, 0.6) is 0 Å². The van der Waals surface area contributed by atoms with Crippen molar-refractivity contribution in [3.8, 4) is 0 Å². The zero-order chi connectivity index (χ0) is 56.7. The van der Waals surface area contributed by atoms with Crippen molar-refractivity contribution in [2.75, 3.05) is 30.2 Å². The molecular weight excluding hydrogens is 1100 g/mol. The van der Waals surface area contributed by atoms with Gasteiger partial charge in [-0.25, -0.2) is 38.9 Å². The van der Waals surface area contributed by atoms with Gasteiger partial charge in [0.2, 0.25) is 17.8 Å². The molecule has 416 valence electrons. The number of alkyl halides is 3. The molecule has 0 spiro atoms. The van der Waals surface area contributed by atoms with Gasteiger partial charge in [-0.2, -0.15) is 26.3 Å². The van der Waals surface area contributed by atoms with E-state index in [1.807, 2.05) is 0 Å². The zero-order valence-corrected chi connectivity index (χ0v) is 44.1. The van der Waals surface area contributed by atoms with Gasteiger partial charge in [0.15, 0.2) is 0 Å². The van der Waals surface area contributed by atoms with Crippen molar-refractivity contribution in [1.82, 2.24) is 29.7 Å². The first-order valence-corrected chi connectivity index (χ1v) is 26.2. The highest BCUT2D eigenvalue weighted by molar-refractivity contribution is 6.34. The number of amides is 6. The Bertz CT molecular complexity index is 3430. The number of esters is 2. The molecule has 24 heteroatoms. The fourth-order valence-corrected chi connectivity index (χ4v) is 12.3. The summed E-state index contributed by atoms with van der Waals surface area (Å²) in [6.07, 6.45) is 5.81. The summed E-state index contributed by atoms with van der Waals surface area (Å²) in [6.45, 7) is 0. The lowest BCUT2D eigenvalue weighted by Crippen LogP contribution is -2.44. The van der Waals surface area contributed by atoms with E-state index in [4.69, 9.17) is 27.9 Å². The standard InChI is InChI=1S/2C19H17ClFN3O3.C18H15F4N3O/c1-27-18(25)14-8-10(2-4-15(14)20)23-19(26)24-11-3-5-16(24)12-6-7-22-17(21)13(12)9-11;1-27-18(25)13-4-2-10(8-15(13)20)23-19(26)24-11-3-5-16(24)12-6-7-22-17(21)14(12)9-11;19-16-14-9-12-5-6-15(13(14)7-8-23-16)25(12)17(26)24-11-3-1-10(2-4-11)18(20,21)22/h2*2,4,6-8,11,16H,3,5,9H2,1H3,(H,23,26);1-4,7-8,12,15H,5-6,9H2,(H,24,26). The predicted molar refractivity (Wildman–Crippen MR) is 281 cm³/mol. The lowest BCUT2D eigenvalue weighted by Gasteiger charge is -2.36. The van der Waals surface area contributed by atoms with Crippen LogP contribution in [0.4, 0.5) is 57.8 Å². The molecule has 3 fully saturated rings. The molecule has 6 aromatic rings. The third-order valence-corrected chi connectivity index (χ3v) is 16.1. The highest BCUT2D eigenvalue weighted by Gasteiger charge is 2.46. The second kappa shape index (κ2) is 22.6. The van der Waals surface area contributed by atoms with E-state index < -0.39 is 41.5 Å². The number of carbonyl (C=O) groups is 5. The summed E-state index contributed by atoms with van der Waals surface area (Å²) in [4.78, 5) is 78.2. The molecule has 0 saturated carbocycles. The first-order chi connectivity index (χ1) is 38.3. The van der Waals surface area contributed by atoms with Gasteiger partial charge in [-0.1, -0.05) is 23.2 Å². The minimum absolute atomic E-state index is 0.0639. The van der Waals surface area contributed by atoms with Crippen LogP contribution in [0, 0.1) is 17.8 Å². The summed E-state index contributed by atoms with van der Waals surface area (Å²) in [5, 5.41) is 8.73. The molecule has 9 heterocycles. The Kier molecular flexibility index (Phi) is 15.7. The first kappa shape index (κ1) is 55.3. The number of rotatable bonds is 5. The molecule has 0 aliphatic carbocycles. The molecule has 3 saturated heterocycles. The first-order valence-electron chi connectivity index (χ1n) is 25.4. The second-order valence-electron chi connectivity index (χ2n) is 19.8. The van der Waals surface area contributed by atoms with Crippen LogP contribution < -0.4 is 16.0 Å². The maximum atomic E-state index is 14.0. The maximum absolute atomic E-state index is 14.0. The number of hydrogen-bond acceptors (Lipinski definition) is 10. The Morgan fingerprint density at radius 1 is 0.500 bits per heavy atom. The van der Waals surface area contributed by atoms with Gasteiger partial charge in [-0.15, -0.1) is 0 Å². The zero-order valence-electron chi connectivity index (χ0n) is 42.6. The number of nitrogens with one attached hydrogen (secondary N) is 3. The lowest BCUT2D eigenvalue weighted by atomic mass is 9.95. The Balaban J connectivity index is 0.000000135. The number of fused-ring (bicyclic) bond motifs is 12. The Morgan fingerprint density at radius 2 is 0.875 bits per heavy atom. The minimum Gasteiger partial charge on any atom is -0.465 e. The number of carbonyl (C=O) groups excluding carboxylic acids is 5. The number of urea groups is 3. The fourth-order valence-electron chi connectivity index (χ4n) is 11.8. The molecule has 3 aromatic heterocycles. The van der Waals surface area contributed by atoms with Crippen LogP contribution in [0.25, 0.3) is 0 Å². The van der Waals surface area contributed by atoms with E-state index in [9.17, 15) is 50.3 Å². The largest absolute Gasteiger partial charge is 0.465 e. The third-order valence-electron chi connectivity index (χ3n) is 15.4. The monoisotopic (exact) mass is 1140 g/mol. The number of anilines is 3. The van der Waals surface area contributed by atoms with E-state index in [1.54, 1.807) is 45.0 Å². The van der Waals surface area contributed by atoms with E-state index in [2.05, 4.69) is 35.6 Å². The molecule has 12 rings (SSSR count). The molecular formula is C56H49Cl2F6N9O7. The van der Waals surface area contributed by atoms with Crippen LogP contribution in [-0.4, -0.2) is 92.0 Å². The van der Waals surface area contributed by atoms with Gasteiger partial charge in [-0.05, 0) is 153 Å². The van der Waals surface area contributed by atoms with Crippen molar-refractivity contribution in [1.29, 1.82) is 0 Å². The smallest absolute Gasteiger partial charge is 0.416 e. The van der Waals surface area contributed by atoms with Crippen molar-refractivity contribution in [3.05, 3.63) is 175 Å². The summed E-state index contributed by atoms with van der Waals surface area (Å²) in [5.41, 5.74) is 5.01. The molecule has 6 aliphatic rings. The summed E-state index contributed by atoms with van der Waals surface area (Å²) in [6, 6.07) is 17.0. The number of benzene rings is 3. The van der Waals surface area contributed by atoms with E-state index in [0.717, 1.165) is 67.3 Å². The lowest BCUT2D eigenvalue weighted by molar-refractivity contribution is -0.137. The molecule has 80 heavy (non-hydrogen) atoms. The number of aromatic nitrogens is 3. The van der Waals surface area contributed by atoms with E-state index in [1.165, 1.54) is 69.2 Å². The van der Waals surface area contributed by atoms with Crippen LogP contribution in [0.2, 0.25) is 10.0 Å². The highest BCUT2D eigenvalue weighted by atomic mass is 35.5. The van der Waals surface area contributed by atoms with Crippen LogP contribution in [-0.2, 0) is 34.9 Å². The highest BCUT2D eigenvalue weighted by Crippen LogP contribution is 2.47. The summed E-state index contributed by atoms with van der Waals surface area (Å²) >= 11 is 12.1. The van der Waals surface area contributed by atoms with Crippen LogP contribution in [0.15, 0.2) is 97.5 Å². The molecule has 0 radical (unpaired) electrons. The van der Waals surface area contributed by atoms with Gasteiger partial charge < -0.3 is 40.1 Å². The second-order valence-corrected chi connectivity index (χ2v) is 20.6. The Labute approximate surface area is 463 Å². The van der Waals surface area contributed by atoms with E-state index >= 15 is 0 Å². The molecule has 6 bridgehead atoms. The van der Waals surface area contributed by atoms with E-state index in [0.29, 0.717) is 47.3 Å². The number of nitrogens with zero attached hydrogens (tertiary/aromatic N) is 6. The van der Waals surface area contributed by atoms with Gasteiger partial charge in [0.1, 0.15) is 0 Å². The molecule has 3 N–H and O–H groups in total. The minimum atomic E-state index is -4.42. The van der Waals surface area contributed by atoms with Gasteiger partial charge in [0.25, 0.3) is 0 Å². The molecule has 3 aromatic carbocycles. The Morgan fingerprint density at radius 3 is 1.27 bits per heavy atom. The SMILES string of the molecule is COC(=O)c1cc(NC(=O)N2C3CCC2c2ccnc(F)c2C3)ccc1Cl.COC(=O)c1ccc(NC(=O)N2C3CCC2c2ccnc(F)c2C3)cc1Cl.O=C(Nc1ccc(C(F)(F)F)cc1)N1C2CCC1c1ccnc(F)c1C2. The number of ether oxygens (including phenoxy) is 2. The summed E-state index contributed by atoms with van der Waals surface area (Å²) in [5.74, 6) is -2.52. The van der Waals surface area contributed by atoms with Crippen molar-refractivity contribution < 1.29 is 59.8 Å². The van der Waals surface area contributed by atoms with Crippen LogP contribution in [0.1, 0.15) is 116 Å². The average Bonchev–Trinajstić information content (AvgIpc) is 4.09. The number of pyridine rings is 3. The molecule has 6 aliphatic heterocycles. The molecule has 6 amide bonds. The molecule has 16 nitrogen and oxygen atoms in total. The summed E-state index contributed by atoms with van der Waals surface area (Å²) < 4.78 is 89.2. The van der Waals surface area contributed by atoms with Gasteiger partial charge >= 0.3 is 36.2 Å². The average molecular weight is 1140 g/mol. The van der Waals surface area contributed by atoms with Crippen molar-refractivity contribution in [3.63, 3.8) is 0 Å². The Hall–Kier alpha value is -7.98. The maximum Gasteiger partial charge on any atom is 0.416 e. The van der Waals surface area contributed by atoms with Gasteiger partial charge in [0.05, 0.1) is 59.1 Å². The van der Waals surface area contributed by atoms with Crippen molar-refractivity contribution in [2.45, 2.75) is 100 Å². The quantitative estimate of drug-likeness (QED) is 0.0851. The van der Waals surface area contributed by atoms with Gasteiger partial charge in [0, 0.05) is 70.5 Å². The van der Waals surface area contributed by atoms with Crippen molar-refractivity contribution in [2.24, 2.45) is 0 Å².